The number of amides is 2. The summed E-state index contributed by atoms with van der Waals surface area (Å²) in [6.45, 7) is 1.95. The zero-order chi connectivity index (χ0) is 19.7. The molecule has 1 aromatic heterocycles. The van der Waals surface area contributed by atoms with Crippen LogP contribution in [0.4, 0.5) is 9.18 Å². The molecule has 148 valence electrons. The number of nitrogens with one attached hydrogen (secondary N) is 2. The molecule has 0 spiro atoms. The third kappa shape index (κ3) is 3.53. The number of hydrogen-bond acceptors (Lipinski definition) is 3. The van der Waals surface area contributed by atoms with Gasteiger partial charge in [0, 0.05) is 23.5 Å². The van der Waals surface area contributed by atoms with Gasteiger partial charge in [0.2, 0.25) is 0 Å². The highest BCUT2D eigenvalue weighted by Crippen LogP contribution is 2.37. The lowest BCUT2D eigenvalue weighted by Crippen LogP contribution is -2.40. The molecule has 0 radical (unpaired) electrons. The lowest BCUT2D eigenvalue weighted by atomic mass is 9.85. The first kappa shape index (κ1) is 18.7. The minimum atomic E-state index is -0.714. The fraction of sp³-hybridized carbons (Fsp3) is 0.476. The van der Waals surface area contributed by atoms with Crippen molar-refractivity contribution in [3.8, 4) is 5.75 Å². The molecule has 2 unspecified atom stereocenters. The van der Waals surface area contributed by atoms with E-state index >= 15 is 0 Å². The lowest BCUT2D eigenvalue weighted by molar-refractivity contribution is 0.242. The summed E-state index contributed by atoms with van der Waals surface area (Å²) in [6, 6.07) is 3.25. The van der Waals surface area contributed by atoms with Gasteiger partial charge < -0.3 is 15.4 Å². The minimum Gasteiger partial charge on any atom is -0.505 e. The number of urea groups is 1. The van der Waals surface area contributed by atoms with Crippen molar-refractivity contribution < 1.29 is 14.3 Å². The first-order valence-corrected chi connectivity index (χ1v) is 9.98. The van der Waals surface area contributed by atoms with Crippen molar-refractivity contribution in [3.63, 3.8) is 0 Å². The second-order valence-corrected chi connectivity index (χ2v) is 7.63. The second kappa shape index (κ2) is 7.73. The van der Waals surface area contributed by atoms with Gasteiger partial charge in [-0.1, -0.05) is 32.3 Å². The summed E-state index contributed by atoms with van der Waals surface area (Å²) in [7, 11) is 0. The van der Waals surface area contributed by atoms with E-state index in [1.165, 1.54) is 31.4 Å². The number of aliphatic imine (C=N–C) groups is 1. The van der Waals surface area contributed by atoms with Crippen LogP contribution in [0, 0.1) is 5.82 Å². The molecule has 2 heterocycles. The zero-order valence-electron chi connectivity index (χ0n) is 15.9. The quantitative estimate of drug-likeness (QED) is 0.713. The molecule has 6 nitrogen and oxygen atoms in total. The number of aromatic nitrogens is 2. The van der Waals surface area contributed by atoms with Crippen LogP contribution in [0.2, 0.25) is 0 Å². The summed E-state index contributed by atoms with van der Waals surface area (Å²) < 4.78 is 14.0. The third-order valence-electron chi connectivity index (χ3n) is 5.86. The summed E-state index contributed by atoms with van der Waals surface area (Å²) >= 11 is 0. The van der Waals surface area contributed by atoms with E-state index < -0.39 is 23.6 Å². The number of H-pyrrole nitrogens is 1. The smallest absolute Gasteiger partial charge is 0.341 e. The predicted octanol–water partition coefficient (Wildman–Crippen LogP) is 4.70. The van der Waals surface area contributed by atoms with Crippen LogP contribution in [0.3, 0.4) is 0 Å². The van der Waals surface area contributed by atoms with Crippen LogP contribution in [0.15, 0.2) is 29.4 Å². The molecule has 7 heteroatoms. The number of rotatable bonds is 4. The van der Waals surface area contributed by atoms with Crippen molar-refractivity contribution in [1.29, 1.82) is 0 Å². The lowest BCUT2D eigenvalue weighted by Gasteiger charge is -2.31. The van der Waals surface area contributed by atoms with Crippen LogP contribution in [0.25, 0.3) is 0 Å². The fourth-order valence-electron chi connectivity index (χ4n) is 4.38. The summed E-state index contributed by atoms with van der Waals surface area (Å²) in [5.41, 5.74) is 2.41. The van der Waals surface area contributed by atoms with E-state index in [4.69, 9.17) is 0 Å². The van der Waals surface area contributed by atoms with E-state index in [9.17, 15) is 14.3 Å². The van der Waals surface area contributed by atoms with Gasteiger partial charge in [0.1, 0.15) is 5.82 Å². The molecule has 1 saturated carbocycles. The van der Waals surface area contributed by atoms with Crippen molar-refractivity contribution in [1.82, 2.24) is 15.3 Å². The van der Waals surface area contributed by atoms with E-state index in [2.05, 4.69) is 20.3 Å². The highest BCUT2D eigenvalue weighted by Gasteiger charge is 2.36. The Bertz CT molecular complexity index is 902. The van der Waals surface area contributed by atoms with Crippen LogP contribution >= 0.6 is 0 Å². The maximum atomic E-state index is 14.0. The Labute approximate surface area is 163 Å². The highest BCUT2D eigenvalue weighted by molar-refractivity contribution is 6.01. The van der Waals surface area contributed by atoms with Crippen LogP contribution in [0.1, 0.15) is 80.4 Å². The molecule has 0 bridgehead atoms. The van der Waals surface area contributed by atoms with Crippen LogP contribution in [-0.4, -0.2) is 26.8 Å². The number of halogens is 1. The van der Waals surface area contributed by atoms with E-state index in [0.29, 0.717) is 23.6 Å². The van der Waals surface area contributed by atoms with Crippen LogP contribution in [-0.2, 0) is 0 Å². The molecule has 3 N–H and O–H groups in total. The summed E-state index contributed by atoms with van der Waals surface area (Å²) in [5.74, 6) is -0.207. The molecule has 2 atom stereocenters. The Morgan fingerprint density at radius 3 is 2.75 bits per heavy atom. The van der Waals surface area contributed by atoms with Gasteiger partial charge in [-0.3, -0.25) is 0 Å². The normalized spacial score (nSPS) is 23.4. The first-order valence-electron chi connectivity index (χ1n) is 9.98. The number of aromatic amines is 1. The summed E-state index contributed by atoms with van der Waals surface area (Å²) in [4.78, 5) is 24.4. The monoisotopic (exact) mass is 384 g/mol. The van der Waals surface area contributed by atoms with Gasteiger partial charge in [0.05, 0.1) is 12.0 Å². The van der Waals surface area contributed by atoms with Crippen molar-refractivity contribution >= 4 is 11.7 Å². The molecule has 4 rings (SSSR count). The zero-order valence-corrected chi connectivity index (χ0v) is 15.9. The topological polar surface area (TPSA) is 90.4 Å². The van der Waals surface area contributed by atoms with Gasteiger partial charge in [-0.25, -0.2) is 19.2 Å². The Morgan fingerprint density at radius 2 is 2.04 bits per heavy atom. The van der Waals surface area contributed by atoms with Crippen molar-refractivity contribution in [3.05, 3.63) is 47.3 Å². The largest absolute Gasteiger partial charge is 0.505 e. The van der Waals surface area contributed by atoms with Crippen LogP contribution < -0.4 is 5.32 Å². The first-order chi connectivity index (χ1) is 13.6. The maximum absolute atomic E-state index is 14.0. The van der Waals surface area contributed by atoms with Crippen LogP contribution in [0.5, 0.6) is 5.75 Å². The van der Waals surface area contributed by atoms with Gasteiger partial charge in [-0.2, -0.15) is 0 Å². The van der Waals surface area contributed by atoms with Gasteiger partial charge in [0.15, 0.2) is 11.6 Å². The van der Waals surface area contributed by atoms with E-state index in [1.54, 1.807) is 6.07 Å². The molecular weight excluding hydrogens is 359 g/mol. The number of phenolic OH excluding ortho intramolecular Hbond substituents is 1. The maximum Gasteiger partial charge on any atom is 0.341 e. The van der Waals surface area contributed by atoms with Gasteiger partial charge in [-0.05, 0) is 37.0 Å². The fourth-order valence-corrected chi connectivity index (χ4v) is 4.38. The van der Waals surface area contributed by atoms with Gasteiger partial charge >= 0.3 is 6.03 Å². The molecular formula is C21H25FN4O2. The van der Waals surface area contributed by atoms with E-state index in [-0.39, 0.29) is 5.92 Å². The Kier molecular flexibility index (Phi) is 5.15. The summed E-state index contributed by atoms with van der Waals surface area (Å²) in [5, 5.41) is 12.4. The molecule has 2 aromatic rings. The predicted molar refractivity (Wildman–Crippen MR) is 104 cm³/mol. The number of carbonyl (C=O) groups excluding carboxylic acids is 1. The van der Waals surface area contributed by atoms with Gasteiger partial charge in [0.25, 0.3) is 0 Å². The van der Waals surface area contributed by atoms with E-state index in [0.717, 1.165) is 24.4 Å². The highest BCUT2D eigenvalue weighted by atomic mass is 19.1. The molecule has 1 fully saturated rings. The van der Waals surface area contributed by atoms with Crippen molar-refractivity contribution in [2.24, 2.45) is 4.99 Å². The second-order valence-electron chi connectivity index (χ2n) is 7.63. The number of imidazole rings is 1. The summed E-state index contributed by atoms with van der Waals surface area (Å²) in [6.07, 6.45) is 8.55. The molecule has 1 aliphatic heterocycles. The minimum absolute atomic E-state index is 0.302. The number of phenols is 1. The number of nitrogens with zero attached hydrogens (tertiary/aromatic N) is 2. The molecule has 2 amide bonds. The average molecular weight is 384 g/mol. The number of benzene rings is 1. The molecule has 1 aromatic carbocycles. The molecule has 28 heavy (non-hydrogen) atoms. The van der Waals surface area contributed by atoms with Gasteiger partial charge in [-0.15, -0.1) is 0 Å². The average Bonchev–Trinajstić information content (AvgIpc) is 3.19. The number of hydrogen-bond donors (Lipinski definition) is 3. The Morgan fingerprint density at radius 1 is 1.25 bits per heavy atom. The Balaban J connectivity index is 1.71. The molecule has 0 saturated heterocycles. The number of aromatic hydroxyl groups is 1. The standard InChI is InChI=1S/C21H25FN4O2/c1-2-15-18(20-23-11-16(24-20)12-6-4-3-5-7-12)19(26-21(28)25-15)13-8-9-17(27)14(22)10-13/h8-12,18-19,27H,2-7H2,1H3,(H,23,24)(H,26,28). The van der Waals surface area contributed by atoms with Crippen molar-refractivity contribution in [2.75, 3.05) is 0 Å². The SMILES string of the molecule is CCC1=NC(=O)NC(c2ccc(O)c(F)c2)C1c1ncc(C2CCCCC2)[nH]1. The third-order valence-corrected chi connectivity index (χ3v) is 5.86. The molecule has 1 aliphatic carbocycles. The number of carbonyl (C=O) groups is 1. The van der Waals surface area contributed by atoms with E-state index in [1.807, 2.05) is 13.1 Å². The molecule has 2 aliphatic rings. The Hall–Kier alpha value is -2.70. The van der Waals surface area contributed by atoms with Crippen molar-refractivity contribution in [2.45, 2.75) is 63.3 Å².